The largest absolute Gasteiger partial charge is 0.504 e. The lowest BCUT2D eigenvalue weighted by atomic mass is 10.1. The van der Waals surface area contributed by atoms with Gasteiger partial charge in [-0.25, -0.2) is 0 Å². The van der Waals surface area contributed by atoms with Crippen molar-refractivity contribution in [2.45, 2.75) is 6.92 Å². The maximum absolute atomic E-state index is 12.0. The van der Waals surface area contributed by atoms with Gasteiger partial charge in [0.1, 0.15) is 5.75 Å². The summed E-state index contributed by atoms with van der Waals surface area (Å²) in [5.74, 6) is 0.282. The topological polar surface area (TPSA) is 62.3 Å². The fourth-order valence-corrected chi connectivity index (χ4v) is 2.19. The Morgan fingerprint density at radius 2 is 1.80 bits per heavy atom. The number of H-pyrrole nitrogens is 1. The van der Waals surface area contributed by atoms with Crippen LogP contribution in [-0.4, -0.2) is 10.1 Å². The van der Waals surface area contributed by atoms with E-state index in [1.165, 1.54) is 0 Å². The molecule has 0 saturated carbocycles. The molecule has 0 saturated heterocycles. The van der Waals surface area contributed by atoms with Crippen molar-refractivity contribution in [3.8, 4) is 17.2 Å². The van der Waals surface area contributed by atoms with Gasteiger partial charge in [0.25, 0.3) is 5.56 Å². The standard InChI is InChI=1S/C16H13NO3/c1-10-6-5-9-12-13(10)14(18)15(16(19)17-12)20-11-7-3-2-4-8-11/h2-9H,1H3,(H2,17,18,19). The van der Waals surface area contributed by atoms with Crippen molar-refractivity contribution in [1.29, 1.82) is 0 Å². The zero-order valence-corrected chi connectivity index (χ0v) is 10.9. The Hall–Kier alpha value is -2.75. The minimum Gasteiger partial charge on any atom is -0.504 e. The number of aromatic nitrogens is 1. The number of benzene rings is 2. The number of aromatic amines is 1. The van der Waals surface area contributed by atoms with Gasteiger partial charge in [0.2, 0.25) is 5.75 Å². The summed E-state index contributed by atoms with van der Waals surface area (Å²) >= 11 is 0. The predicted octanol–water partition coefficient (Wildman–Crippen LogP) is 3.33. The number of nitrogens with one attached hydrogen (secondary N) is 1. The molecule has 1 aromatic heterocycles. The summed E-state index contributed by atoms with van der Waals surface area (Å²) in [6.07, 6.45) is 0. The summed E-state index contributed by atoms with van der Waals surface area (Å²) in [7, 11) is 0. The van der Waals surface area contributed by atoms with E-state index in [9.17, 15) is 9.90 Å². The molecule has 0 amide bonds. The highest BCUT2D eigenvalue weighted by atomic mass is 16.5. The molecule has 0 aliphatic heterocycles. The average Bonchev–Trinajstić information content (AvgIpc) is 2.44. The summed E-state index contributed by atoms with van der Waals surface area (Å²) < 4.78 is 5.51. The summed E-state index contributed by atoms with van der Waals surface area (Å²) in [6, 6.07) is 14.3. The van der Waals surface area contributed by atoms with Crippen molar-refractivity contribution in [2.24, 2.45) is 0 Å². The van der Waals surface area contributed by atoms with E-state index in [0.29, 0.717) is 16.7 Å². The van der Waals surface area contributed by atoms with Crippen molar-refractivity contribution in [2.75, 3.05) is 0 Å². The second kappa shape index (κ2) is 4.74. The molecule has 0 unspecified atom stereocenters. The van der Waals surface area contributed by atoms with Crippen LogP contribution in [-0.2, 0) is 0 Å². The number of pyridine rings is 1. The molecule has 1 heterocycles. The van der Waals surface area contributed by atoms with E-state index >= 15 is 0 Å². The van der Waals surface area contributed by atoms with E-state index in [-0.39, 0.29) is 11.5 Å². The van der Waals surface area contributed by atoms with Gasteiger partial charge in [0.05, 0.1) is 5.52 Å². The first-order chi connectivity index (χ1) is 9.66. The van der Waals surface area contributed by atoms with Crippen LogP contribution < -0.4 is 10.3 Å². The number of fused-ring (bicyclic) bond motifs is 1. The first kappa shape index (κ1) is 12.3. The minimum absolute atomic E-state index is 0.0852. The van der Waals surface area contributed by atoms with Crippen LogP contribution in [0.2, 0.25) is 0 Å². The molecule has 0 radical (unpaired) electrons. The molecule has 2 aromatic carbocycles. The minimum atomic E-state index is -0.454. The Labute approximate surface area is 115 Å². The molecule has 0 bridgehead atoms. The fourth-order valence-electron chi connectivity index (χ4n) is 2.19. The van der Waals surface area contributed by atoms with Crippen LogP contribution in [0.4, 0.5) is 0 Å². The third-order valence-corrected chi connectivity index (χ3v) is 3.14. The summed E-state index contributed by atoms with van der Waals surface area (Å²) in [4.78, 5) is 14.7. The van der Waals surface area contributed by atoms with E-state index < -0.39 is 5.56 Å². The summed E-state index contributed by atoms with van der Waals surface area (Å²) in [5, 5.41) is 10.9. The Kier molecular flexibility index (Phi) is 2.91. The van der Waals surface area contributed by atoms with Crippen molar-refractivity contribution >= 4 is 10.9 Å². The maximum Gasteiger partial charge on any atom is 0.295 e. The summed E-state index contributed by atoms with van der Waals surface area (Å²) in [5.41, 5.74) is 1.01. The number of aromatic hydroxyl groups is 1. The predicted molar refractivity (Wildman–Crippen MR) is 77.5 cm³/mol. The number of hydrogen-bond acceptors (Lipinski definition) is 3. The molecule has 100 valence electrons. The normalized spacial score (nSPS) is 10.7. The third-order valence-electron chi connectivity index (χ3n) is 3.14. The van der Waals surface area contributed by atoms with Gasteiger partial charge in [-0.05, 0) is 30.7 Å². The van der Waals surface area contributed by atoms with Crippen molar-refractivity contribution < 1.29 is 9.84 Å². The summed E-state index contributed by atoms with van der Waals surface area (Å²) in [6.45, 7) is 1.87. The molecule has 2 N–H and O–H groups in total. The first-order valence-electron chi connectivity index (χ1n) is 6.24. The zero-order chi connectivity index (χ0) is 14.1. The second-order valence-electron chi connectivity index (χ2n) is 4.54. The molecule has 0 spiro atoms. The van der Waals surface area contributed by atoms with Crippen LogP contribution in [0.3, 0.4) is 0 Å². The Balaban J connectivity index is 2.21. The molecule has 20 heavy (non-hydrogen) atoms. The highest BCUT2D eigenvalue weighted by Gasteiger charge is 2.15. The molecule has 3 aromatic rings. The van der Waals surface area contributed by atoms with E-state index in [4.69, 9.17) is 4.74 Å². The first-order valence-corrected chi connectivity index (χ1v) is 6.24. The quantitative estimate of drug-likeness (QED) is 0.748. The average molecular weight is 267 g/mol. The van der Waals surface area contributed by atoms with Gasteiger partial charge in [-0.3, -0.25) is 4.79 Å². The van der Waals surface area contributed by atoms with Crippen LogP contribution in [0.15, 0.2) is 53.3 Å². The van der Waals surface area contributed by atoms with Crippen molar-refractivity contribution in [1.82, 2.24) is 4.98 Å². The highest BCUT2D eigenvalue weighted by molar-refractivity contribution is 5.89. The number of rotatable bonds is 2. The van der Waals surface area contributed by atoms with E-state index in [2.05, 4.69) is 4.98 Å². The molecular weight excluding hydrogens is 254 g/mol. The Morgan fingerprint density at radius 1 is 1.05 bits per heavy atom. The molecule has 0 aliphatic rings. The van der Waals surface area contributed by atoms with Gasteiger partial charge in [0.15, 0.2) is 5.75 Å². The molecule has 0 aliphatic carbocycles. The fraction of sp³-hybridized carbons (Fsp3) is 0.0625. The van der Waals surface area contributed by atoms with Crippen molar-refractivity contribution in [3.63, 3.8) is 0 Å². The lowest BCUT2D eigenvalue weighted by Crippen LogP contribution is -2.09. The molecule has 0 atom stereocenters. The number of ether oxygens (including phenoxy) is 1. The smallest absolute Gasteiger partial charge is 0.295 e. The van der Waals surface area contributed by atoms with Gasteiger partial charge in [-0.1, -0.05) is 30.3 Å². The second-order valence-corrected chi connectivity index (χ2v) is 4.54. The lowest BCUT2D eigenvalue weighted by molar-refractivity contribution is 0.410. The Bertz CT molecular complexity index is 822. The highest BCUT2D eigenvalue weighted by Crippen LogP contribution is 2.34. The Morgan fingerprint density at radius 3 is 2.55 bits per heavy atom. The van der Waals surface area contributed by atoms with Crippen LogP contribution in [0, 0.1) is 6.92 Å². The van der Waals surface area contributed by atoms with Gasteiger partial charge in [-0.15, -0.1) is 0 Å². The van der Waals surface area contributed by atoms with E-state index in [1.54, 1.807) is 30.3 Å². The molecule has 4 nitrogen and oxygen atoms in total. The van der Waals surface area contributed by atoms with Crippen LogP contribution in [0.1, 0.15) is 5.56 Å². The van der Waals surface area contributed by atoms with E-state index in [0.717, 1.165) is 5.56 Å². The van der Waals surface area contributed by atoms with Crippen LogP contribution in [0.25, 0.3) is 10.9 Å². The molecular formula is C16H13NO3. The molecule has 0 fully saturated rings. The SMILES string of the molecule is Cc1cccc2[nH]c(=O)c(Oc3ccccc3)c(O)c12. The molecule has 4 heteroatoms. The third kappa shape index (κ3) is 2.01. The van der Waals surface area contributed by atoms with Gasteiger partial charge in [-0.2, -0.15) is 0 Å². The van der Waals surface area contributed by atoms with Gasteiger partial charge < -0.3 is 14.8 Å². The number of aryl methyl sites for hydroxylation is 1. The number of hydrogen-bond donors (Lipinski definition) is 2. The number of para-hydroxylation sites is 1. The van der Waals surface area contributed by atoms with Crippen molar-refractivity contribution in [3.05, 3.63) is 64.4 Å². The van der Waals surface area contributed by atoms with Crippen LogP contribution in [0.5, 0.6) is 17.2 Å². The zero-order valence-electron chi connectivity index (χ0n) is 10.9. The van der Waals surface area contributed by atoms with Crippen LogP contribution >= 0.6 is 0 Å². The molecule has 3 rings (SSSR count). The van der Waals surface area contributed by atoms with E-state index in [1.807, 2.05) is 25.1 Å². The monoisotopic (exact) mass is 267 g/mol. The lowest BCUT2D eigenvalue weighted by Gasteiger charge is -2.10. The van der Waals surface area contributed by atoms with Gasteiger partial charge in [0, 0.05) is 5.39 Å². The van der Waals surface area contributed by atoms with Gasteiger partial charge >= 0.3 is 0 Å². The maximum atomic E-state index is 12.0.